The van der Waals surface area contributed by atoms with Gasteiger partial charge in [0.25, 0.3) is 5.91 Å². The van der Waals surface area contributed by atoms with E-state index in [4.69, 9.17) is 5.73 Å². The van der Waals surface area contributed by atoms with Crippen molar-refractivity contribution in [1.29, 1.82) is 0 Å². The first-order valence-electron chi connectivity index (χ1n) is 8.36. The Morgan fingerprint density at radius 3 is 2.46 bits per heavy atom. The third-order valence-corrected chi connectivity index (χ3v) is 5.02. The molecule has 1 fully saturated rings. The third-order valence-electron chi connectivity index (χ3n) is 5.02. The molecule has 1 aliphatic carbocycles. The summed E-state index contributed by atoms with van der Waals surface area (Å²) in [5, 5.41) is 3.48. The molecule has 2 aliphatic rings. The molecule has 3 rings (SSSR count). The summed E-state index contributed by atoms with van der Waals surface area (Å²) in [5.41, 5.74) is 3.84. The number of hydrogen-bond acceptors (Lipinski definition) is 4. The second kappa shape index (κ2) is 5.59. The SMILES string of the molecule is CCn1nc(C(F)(F)F)cc1C(=O)N1CC2(C=C(N)C(=O)C(C)(C)C2)C1. The average Bonchev–Trinajstić information content (AvgIpc) is 2.93. The highest BCUT2D eigenvalue weighted by molar-refractivity contribution is 6.00. The number of halogens is 3. The number of carbonyl (C=O) groups excluding carboxylic acids is 2. The van der Waals surface area contributed by atoms with Crippen LogP contribution < -0.4 is 5.73 Å². The summed E-state index contributed by atoms with van der Waals surface area (Å²) < 4.78 is 39.7. The van der Waals surface area contributed by atoms with Crippen LogP contribution in [0.1, 0.15) is 43.4 Å². The first-order chi connectivity index (χ1) is 11.9. The number of aromatic nitrogens is 2. The van der Waals surface area contributed by atoms with E-state index in [1.165, 1.54) is 4.90 Å². The Morgan fingerprint density at radius 1 is 1.35 bits per heavy atom. The van der Waals surface area contributed by atoms with Gasteiger partial charge < -0.3 is 10.6 Å². The lowest BCUT2D eigenvalue weighted by molar-refractivity contribution is -0.141. The van der Waals surface area contributed by atoms with Crippen LogP contribution in [0.2, 0.25) is 0 Å². The van der Waals surface area contributed by atoms with Crippen molar-refractivity contribution in [3.8, 4) is 0 Å². The maximum atomic E-state index is 12.9. The van der Waals surface area contributed by atoms with Gasteiger partial charge in [-0.05, 0) is 19.4 Å². The number of hydrogen-bond donors (Lipinski definition) is 1. The topological polar surface area (TPSA) is 81.2 Å². The molecule has 1 amide bonds. The summed E-state index contributed by atoms with van der Waals surface area (Å²) in [5.74, 6) is -0.617. The standard InChI is InChI=1S/C17H21F3N4O2/c1-4-24-11(5-12(22-24)17(18,19)20)14(26)23-8-16(9-23)6-10(21)13(25)15(2,3)7-16/h5-6H,4,7-9,21H2,1-3H3. The van der Waals surface area contributed by atoms with E-state index >= 15 is 0 Å². The van der Waals surface area contributed by atoms with E-state index in [1.807, 2.05) is 13.8 Å². The van der Waals surface area contributed by atoms with Gasteiger partial charge in [-0.1, -0.05) is 13.8 Å². The van der Waals surface area contributed by atoms with Crippen molar-refractivity contribution in [1.82, 2.24) is 14.7 Å². The van der Waals surface area contributed by atoms with Gasteiger partial charge in [0.1, 0.15) is 5.69 Å². The monoisotopic (exact) mass is 370 g/mol. The Balaban J connectivity index is 1.81. The zero-order chi connectivity index (χ0) is 19.5. The van der Waals surface area contributed by atoms with Crippen molar-refractivity contribution in [2.75, 3.05) is 13.1 Å². The van der Waals surface area contributed by atoms with Crippen LogP contribution in [0.5, 0.6) is 0 Å². The van der Waals surface area contributed by atoms with E-state index in [9.17, 15) is 22.8 Å². The fourth-order valence-electron chi connectivity index (χ4n) is 3.99. The molecular weight excluding hydrogens is 349 g/mol. The third kappa shape index (κ3) is 2.89. The zero-order valence-electron chi connectivity index (χ0n) is 14.9. The number of likely N-dealkylation sites (tertiary alicyclic amines) is 1. The summed E-state index contributed by atoms with van der Waals surface area (Å²) in [6, 6.07) is 0.787. The van der Waals surface area contributed by atoms with Crippen LogP contribution in [0.4, 0.5) is 13.2 Å². The van der Waals surface area contributed by atoms with Gasteiger partial charge in [0, 0.05) is 36.5 Å². The predicted octanol–water partition coefficient (Wildman–Crippen LogP) is 2.21. The Labute approximate surface area is 148 Å². The van der Waals surface area contributed by atoms with Gasteiger partial charge in [-0.2, -0.15) is 18.3 Å². The number of amides is 1. The van der Waals surface area contributed by atoms with Crippen LogP contribution in [0.25, 0.3) is 0 Å². The highest BCUT2D eigenvalue weighted by Crippen LogP contribution is 2.47. The summed E-state index contributed by atoms with van der Waals surface area (Å²) >= 11 is 0. The number of carbonyl (C=O) groups is 2. The fraction of sp³-hybridized carbons (Fsp3) is 0.588. The molecular formula is C17H21F3N4O2. The Morgan fingerprint density at radius 2 is 1.96 bits per heavy atom. The van der Waals surface area contributed by atoms with Crippen molar-refractivity contribution in [3.63, 3.8) is 0 Å². The summed E-state index contributed by atoms with van der Waals surface area (Å²) in [6.45, 7) is 6.04. The van der Waals surface area contributed by atoms with Crippen LogP contribution in [0, 0.1) is 10.8 Å². The molecule has 0 atom stereocenters. The van der Waals surface area contributed by atoms with Gasteiger partial charge in [-0.25, -0.2) is 0 Å². The van der Waals surface area contributed by atoms with E-state index < -0.39 is 28.6 Å². The van der Waals surface area contributed by atoms with Crippen molar-refractivity contribution < 1.29 is 22.8 Å². The number of Topliss-reactive ketones (excluding diaryl/α,β-unsaturated/α-hetero) is 1. The minimum Gasteiger partial charge on any atom is -0.396 e. The quantitative estimate of drug-likeness (QED) is 0.865. The van der Waals surface area contributed by atoms with E-state index in [1.54, 1.807) is 13.0 Å². The van der Waals surface area contributed by atoms with Crippen molar-refractivity contribution in [3.05, 3.63) is 29.2 Å². The highest BCUT2D eigenvalue weighted by atomic mass is 19.4. The normalized spacial score (nSPS) is 21.5. The minimum absolute atomic E-state index is 0.0854. The van der Waals surface area contributed by atoms with Crippen molar-refractivity contribution in [2.24, 2.45) is 16.6 Å². The first kappa shape index (κ1) is 18.5. The molecule has 1 saturated heterocycles. The lowest BCUT2D eigenvalue weighted by atomic mass is 9.62. The Kier molecular flexibility index (Phi) is 3.97. The number of nitrogens with two attached hydrogens (primary N) is 1. The second-order valence-electron chi connectivity index (χ2n) is 7.74. The van der Waals surface area contributed by atoms with Gasteiger partial charge in [0.15, 0.2) is 11.5 Å². The molecule has 1 aliphatic heterocycles. The highest BCUT2D eigenvalue weighted by Gasteiger charge is 2.52. The molecule has 0 saturated carbocycles. The largest absolute Gasteiger partial charge is 0.435 e. The van der Waals surface area contributed by atoms with E-state index in [0.717, 1.165) is 10.7 Å². The first-order valence-corrected chi connectivity index (χ1v) is 8.36. The number of ketones is 1. The maximum absolute atomic E-state index is 12.9. The lowest BCUT2D eigenvalue weighted by Gasteiger charge is -2.53. The molecule has 142 valence electrons. The van der Waals surface area contributed by atoms with Crippen LogP contribution in [-0.2, 0) is 17.5 Å². The molecule has 0 unspecified atom stereocenters. The zero-order valence-corrected chi connectivity index (χ0v) is 14.9. The number of rotatable bonds is 2. The van der Waals surface area contributed by atoms with Gasteiger partial charge in [-0.15, -0.1) is 0 Å². The van der Waals surface area contributed by atoms with Gasteiger partial charge in [0.05, 0.1) is 5.70 Å². The molecule has 9 heteroatoms. The molecule has 2 N–H and O–H groups in total. The van der Waals surface area contributed by atoms with E-state index in [2.05, 4.69) is 5.10 Å². The van der Waals surface area contributed by atoms with Crippen molar-refractivity contribution >= 4 is 11.7 Å². The molecule has 26 heavy (non-hydrogen) atoms. The van der Waals surface area contributed by atoms with E-state index in [-0.39, 0.29) is 23.7 Å². The molecule has 0 radical (unpaired) electrons. The molecule has 6 nitrogen and oxygen atoms in total. The summed E-state index contributed by atoms with van der Waals surface area (Å²) in [6.07, 6.45) is -2.36. The Bertz CT molecular complexity index is 801. The van der Waals surface area contributed by atoms with Crippen molar-refractivity contribution in [2.45, 2.75) is 39.9 Å². The van der Waals surface area contributed by atoms with E-state index in [0.29, 0.717) is 19.5 Å². The molecule has 2 heterocycles. The van der Waals surface area contributed by atoms with Gasteiger partial charge >= 0.3 is 6.18 Å². The second-order valence-corrected chi connectivity index (χ2v) is 7.74. The smallest absolute Gasteiger partial charge is 0.396 e. The molecule has 1 aromatic rings. The van der Waals surface area contributed by atoms with Gasteiger partial charge in [-0.3, -0.25) is 14.3 Å². The predicted molar refractivity (Wildman–Crippen MR) is 86.9 cm³/mol. The molecule has 0 bridgehead atoms. The summed E-state index contributed by atoms with van der Waals surface area (Å²) in [4.78, 5) is 26.2. The number of allylic oxidation sites excluding steroid dienone is 1. The number of alkyl halides is 3. The molecule has 1 spiro atoms. The average molecular weight is 370 g/mol. The fourth-order valence-corrected chi connectivity index (χ4v) is 3.99. The van der Waals surface area contributed by atoms with Crippen LogP contribution in [0.15, 0.2) is 17.8 Å². The molecule has 1 aromatic heterocycles. The van der Waals surface area contributed by atoms with Gasteiger partial charge in [0.2, 0.25) is 0 Å². The molecule has 0 aromatic carbocycles. The van der Waals surface area contributed by atoms with Crippen LogP contribution >= 0.6 is 0 Å². The number of aryl methyl sites for hydroxylation is 1. The van der Waals surface area contributed by atoms with Crippen LogP contribution in [-0.4, -0.2) is 39.5 Å². The minimum atomic E-state index is -4.60. The maximum Gasteiger partial charge on any atom is 0.435 e. The summed E-state index contributed by atoms with van der Waals surface area (Å²) in [7, 11) is 0. The lowest BCUT2D eigenvalue weighted by Crippen LogP contribution is -2.61. The van der Waals surface area contributed by atoms with Crippen LogP contribution in [0.3, 0.4) is 0 Å². The number of nitrogens with zero attached hydrogens (tertiary/aromatic N) is 3. The Hall–Kier alpha value is -2.32.